The Morgan fingerprint density at radius 1 is 0.969 bits per heavy atom. The van der Waals surface area contributed by atoms with Gasteiger partial charge in [0.1, 0.15) is 5.75 Å². The minimum absolute atomic E-state index is 0.0499. The van der Waals surface area contributed by atoms with E-state index in [0.717, 1.165) is 24.4 Å². The van der Waals surface area contributed by atoms with Gasteiger partial charge in [-0.2, -0.15) is 0 Å². The first-order valence-corrected chi connectivity index (χ1v) is 11.9. The number of carboxylic acid groups (broad SMARTS) is 1. The van der Waals surface area contributed by atoms with Crippen LogP contribution in [-0.2, 0) is 15.6 Å². The molecule has 3 nitrogen and oxygen atoms in total. The predicted octanol–water partition coefficient (Wildman–Crippen LogP) is 8.23. The molecule has 0 heterocycles. The van der Waals surface area contributed by atoms with Crippen molar-refractivity contribution < 1.29 is 14.6 Å². The van der Waals surface area contributed by atoms with Gasteiger partial charge in [-0.1, -0.05) is 86.0 Å². The van der Waals surface area contributed by atoms with Crippen molar-refractivity contribution in [3.8, 4) is 5.75 Å². The van der Waals surface area contributed by atoms with Crippen LogP contribution >= 0.6 is 0 Å². The van der Waals surface area contributed by atoms with Crippen LogP contribution in [-0.4, -0.2) is 17.7 Å². The highest BCUT2D eigenvalue weighted by atomic mass is 16.5. The second-order valence-corrected chi connectivity index (χ2v) is 10.7. The van der Waals surface area contributed by atoms with Gasteiger partial charge in [-0.05, 0) is 59.9 Å². The molecule has 0 fully saturated rings. The number of benzene rings is 1. The van der Waals surface area contributed by atoms with Crippen molar-refractivity contribution in [3.63, 3.8) is 0 Å². The highest BCUT2D eigenvalue weighted by Gasteiger charge is 2.28. The zero-order chi connectivity index (χ0) is 24.5. The highest BCUT2D eigenvalue weighted by molar-refractivity contribution is 5.81. The van der Waals surface area contributed by atoms with Crippen LogP contribution in [0.1, 0.15) is 105 Å². The van der Waals surface area contributed by atoms with Crippen molar-refractivity contribution in [1.29, 1.82) is 0 Å². The number of rotatable bonds is 10. The second kappa shape index (κ2) is 12.1. The van der Waals surface area contributed by atoms with E-state index < -0.39 is 5.97 Å². The molecular formula is C29H44O3. The summed E-state index contributed by atoms with van der Waals surface area (Å²) in [7, 11) is 0. The molecule has 0 unspecified atom stereocenters. The molecular weight excluding hydrogens is 396 g/mol. The molecule has 0 bridgehead atoms. The highest BCUT2D eigenvalue weighted by Crippen LogP contribution is 2.42. The fourth-order valence-electron chi connectivity index (χ4n) is 3.51. The van der Waals surface area contributed by atoms with Gasteiger partial charge in [0.2, 0.25) is 0 Å². The van der Waals surface area contributed by atoms with E-state index in [1.54, 1.807) is 6.92 Å². The maximum atomic E-state index is 10.8. The summed E-state index contributed by atoms with van der Waals surface area (Å²) in [6, 6.07) is 4.52. The molecule has 32 heavy (non-hydrogen) atoms. The van der Waals surface area contributed by atoms with Gasteiger partial charge in [-0.15, -0.1) is 0 Å². The lowest BCUT2D eigenvalue weighted by Crippen LogP contribution is -2.20. The van der Waals surface area contributed by atoms with Gasteiger partial charge < -0.3 is 9.84 Å². The number of carbonyl (C=O) groups is 1. The van der Waals surface area contributed by atoms with Crippen molar-refractivity contribution in [3.05, 3.63) is 58.7 Å². The van der Waals surface area contributed by atoms with E-state index in [9.17, 15) is 4.79 Å². The number of hydrogen-bond donors (Lipinski definition) is 1. The quantitative estimate of drug-likeness (QED) is 0.226. The first kappa shape index (κ1) is 27.7. The Morgan fingerprint density at radius 2 is 1.53 bits per heavy atom. The largest absolute Gasteiger partial charge is 0.493 e. The molecule has 1 aromatic carbocycles. The molecule has 0 saturated carbocycles. The summed E-state index contributed by atoms with van der Waals surface area (Å²) in [6.45, 7) is 20.3. The van der Waals surface area contributed by atoms with Gasteiger partial charge in [0.05, 0.1) is 6.61 Å². The molecule has 0 aliphatic carbocycles. The van der Waals surface area contributed by atoms with Crippen molar-refractivity contribution in [2.24, 2.45) is 0 Å². The van der Waals surface area contributed by atoms with Crippen molar-refractivity contribution in [2.45, 2.75) is 98.8 Å². The minimum atomic E-state index is -0.928. The number of hydrogen-bond acceptors (Lipinski definition) is 2. The number of allylic oxidation sites excluding steroid dienone is 5. The van der Waals surface area contributed by atoms with Gasteiger partial charge in [0.25, 0.3) is 0 Å². The van der Waals surface area contributed by atoms with Crippen molar-refractivity contribution in [1.82, 2.24) is 0 Å². The number of carboxylic acids is 1. The molecule has 0 radical (unpaired) electrons. The monoisotopic (exact) mass is 440 g/mol. The predicted molar refractivity (Wildman–Crippen MR) is 138 cm³/mol. The van der Waals surface area contributed by atoms with Crippen molar-refractivity contribution in [2.75, 3.05) is 6.61 Å². The molecule has 0 aliphatic rings. The van der Waals surface area contributed by atoms with Crippen molar-refractivity contribution >= 4 is 11.5 Å². The molecule has 0 amide bonds. The lowest BCUT2D eigenvalue weighted by atomic mass is 9.77. The van der Waals surface area contributed by atoms with Gasteiger partial charge in [-0.25, -0.2) is 4.79 Å². The fraction of sp³-hybridized carbons (Fsp3) is 0.552. The van der Waals surface area contributed by atoms with Crippen LogP contribution in [0.3, 0.4) is 0 Å². The summed E-state index contributed by atoms with van der Waals surface area (Å²) in [6.07, 6.45) is 11.7. The Labute approximate surface area is 196 Å². The van der Waals surface area contributed by atoms with E-state index in [-0.39, 0.29) is 10.8 Å². The Morgan fingerprint density at radius 3 is 2.00 bits per heavy atom. The maximum absolute atomic E-state index is 10.8. The van der Waals surface area contributed by atoms with E-state index in [0.29, 0.717) is 5.57 Å². The van der Waals surface area contributed by atoms with Gasteiger partial charge in [0, 0.05) is 17.2 Å². The molecule has 0 atom stereocenters. The van der Waals surface area contributed by atoms with Crippen LogP contribution in [0.25, 0.3) is 5.57 Å². The average molecular weight is 441 g/mol. The number of ether oxygens (including phenoxy) is 1. The standard InChI is InChI=1S/C29H44O3/c1-10-11-12-13-17-32-27-24(28(4,5)6)19-23(20-25(27)29(7,8)9)22(3)16-14-15-21(2)18-26(30)31/h14-16,18-20H,10-13,17H2,1-9H3,(H,30,31)/b15-14?,21-18?,22-16+. The lowest BCUT2D eigenvalue weighted by molar-refractivity contribution is -0.131. The first-order valence-electron chi connectivity index (χ1n) is 11.9. The van der Waals surface area contributed by atoms with Crippen LogP contribution in [0.5, 0.6) is 5.75 Å². The average Bonchev–Trinajstić information content (AvgIpc) is 2.65. The molecule has 1 N–H and O–H groups in total. The molecule has 0 aliphatic heterocycles. The lowest BCUT2D eigenvalue weighted by Gasteiger charge is -2.31. The minimum Gasteiger partial charge on any atom is -0.493 e. The van der Waals surface area contributed by atoms with Gasteiger partial charge >= 0.3 is 5.97 Å². The van der Waals surface area contributed by atoms with Crippen LogP contribution in [0.4, 0.5) is 0 Å². The third kappa shape index (κ3) is 9.06. The van der Waals surface area contributed by atoms with E-state index >= 15 is 0 Å². The Bertz CT molecular complexity index is 820. The van der Waals surface area contributed by atoms with Gasteiger partial charge in [0.15, 0.2) is 0 Å². The number of unbranched alkanes of at least 4 members (excludes halogenated alkanes) is 3. The van der Waals surface area contributed by atoms with Crippen LogP contribution in [0.15, 0.2) is 42.0 Å². The molecule has 0 spiro atoms. The van der Waals surface area contributed by atoms with Gasteiger partial charge in [-0.3, -0.25) is 0 Å². The summed E-state index contributed by atoms with van der Waals surface area (Å²) in [5.74, 6) is 0.108. The summed E-state index contributed by atoms with van der Waals surface area (Å²) in [5.41, 5.74) is 5.37. The molecule has 178 valence electrons. The smallest absolute Gasteiger partial charge is 0.328 e. The van der Waals surface area contributed by atoms with Crippen LogP contribution in [0.2, 0.25) is 0 Å². The topological polar surface area (TPSA) is 46.5 Å². The van der Waals surface area contributed by atoms with E-state index in [2.05, 4.69) is 67.5 Å². The Kier molecular flexibility index (Phi) is 10.5. The number of aliphatic carboxylic acids is 1. The fourth-order valence-corrected chi connectivity index (χ4v) is 3.51. The third-order valence-corrected chi connectivity index (χ3v) is 5.46. The normalized spacial score (nSPS) is 13.7. The molecule has 1 aromatic rings. The molecule has 0 aromatic heterocycles. The van der Waals surface area contributed by atoms with Crippen LogP contribution in [0, 0.1) is 0 Å². The Balaban J connectivity index is 3.42. The van der Waals surface area contributed by atoms with E-state index in [1.807, 2.05) is 18.2 Å². The Hall–Kier alpha value is -2.29. The third-order valence-electron chi connectivity index (χ3n) is 5.46. The zero-order valence-corrected chi connectivity index (χ0v) is 21.8. The zero-order valence-electron chi connectivity index (χ0n) is 21.8. The second-order valence-electron chi connectivity index (χ2n) is 10.7. The summed E-state index contributed by atoms with van der Waals surface area (Å²) in [4.78, 5) is 10.8. The van der Waals surface area contributed by atoms with E-state index in [4.69, 9.17) is 9.84 Å². The summed E-state index contributed by atoms with van der Waals surface area (Å²) >= 11 is 0. The first-order chi connectivity index (χ1) is 14.8. The molecule has 1 rings (SSSR count). The summed E-state index contributed by atoms with van der Waals surface area (Å²) in [5, 5.41) is 8.88. The van der Waals surface area contributed by atoms with Crippen LogP contribution < -0.4 is 4.74 Å². The SMILES string of the molecule is CCCCCCOc1c(C(C)(C)C)cc(/C(C)=C/C=CC(C)=CC(=O)O)cc1C(C)(C)C. The summed E-state index contributed by atoms with van der Waals surface area (Å²) < 4.78 is 6.46. The molecule has 0 saturated heterocycles. The van der Waals surface area contributed by atoms with E-state index in [1.165, 1.54) is 42.0 Å². The molecule has 3 heteroatoms. The maximum Gasteiger partial charge on any atom is 0.328 e.